The SMILES string of the molecule is CC(C)(CO)c1ccc(C(O)CCCN2CCC(=C(c3ccccc3)c3ccccc3)CC2)cc1. The Kier molecular flexibility index (Phi) is 8.56. The fourth-order valence-electron chi connectivity index (χ4n) is 5.00. The number of nitrogens with zero attached hydrogens (tertiary/aromatic N) is 1. The molecule has 0 bridgehead atoms. The zero-order chi connectivity index (χ0) is 24.7. The van der Waals surface area contributed by atoms with Crippen LogP contribution in [0.5, 0.6) is 0 Å². The van der Waals surface area contributed by atoms with Crippen molar-refractivity contribution < 1.29 is 10.2 Å². The molecule has 1 aliphatic heterocycles. The van der Waals surface area contributed by atoms with Crippen molar-refractivity contribution in [3.8, 4) is 0 Å². The van der Waals surface area contributed by atoms with Gasteiger partial charge >= 0.3 is 0 Å². The number of benzene rings is 3. The maximum absolute atomic E-state index is 10.7. The molecule has 1 heterocycles. The van der Waals surface area contributed by atoms with E-state index in [2.05, 4.69) is 65.6 Å². The second kappa shape index (κ2) is 11.8. The molecule has 0 aliphatic carbocycles. The summed E-state index contributed by atoms with van der Waals surface area (Å²) in [5, 5.41) is 20.3. The average Bonchev–Trinajstić information content (AvgIpc) is 2.91. The lowest BCUT2D eigenvalue weighted by Gasteiger charge is -2.30. The molecule has 35 heavy (non-hydrogen) atoms. The van der Waals surface area contributed by atoms with Crippen molar-refractivity contribution in [2.75, 3.05) is 26.2 Å². The lowest BCUT2D eigenvalue weighted by molar-refractivity contribution is 0.153. The highest BCUT2D eigenvalue weighted by atomic mass is 16.3. The first-order chi connectivity index (χ1) is 17.0. The highest BCUT2D eigenvalue weighted by Gasteiger charge is 2.21. The van der Waals surface area contributed by atoms with Gasteiger partial charge in [0, 0.05) is 18.5 Å². The molecule has 1 fully saturated rings. The normalized spacial score (nSPS) is 15.7. The van der Waals surface area contributed by atoms with Gasteiger partial charge in [0.2, 0.25) is 0 Å². The second-order valence-electron chi connectivity index (χ2n) is 10.4. The first-order valence-electron chi connectivity index (χ1n) is 12.9. The van der Waals surface area contributed by atoms with Crippen LogP contribution in [0.25, 0.3) is 5.57 Å². The van der Waals surface area contributed by atoms with Gasteiger partial charge in [0.05, 0.1) is 12.7 Å². The predicted octanol–water partition coefficient (Wildman–Crippen LogP) is 6.37. The molecule has 3 nitrogen and oxygen atoms in total. The van der Waals surface area contributed by atoms with Crippen molar-refractivity contribution in [3.63, 3.8) is 0 Å². The van der Waals surface area contributed by atoms with E-state index in [1.807, 2.05) is 38.1 Å². The highest BCUT2D eigenvalue weighted by molar-refractivity contribution is 5.82. The van der Waals surface area contributed by atoms with E-state index in [1.165, 1.54) is 16.7 Å². The minimum atomic E-state index is -0.440. The Morgan fingerprint density at radius 3 is 1.89 bits per heavy atom. The summed E-state index contributed by atoms with van der Waals surface area (Å²) >= 11 is 0. The molecule has 3 aromatic rings. The summed E-state index contributed by atoms with van der Waals surface area (Å²) in [5.74, 6) is 0. The smallest absolute Gasteiger partial charge is 0.0790 e. The zero-order valence-corrected chi connectivity index (χ0v) is 21.2. The number of aliphatic hydroxyl groups is 2. The summed E-state index contributed by atoms with van der Waals surface area (Å²) < 4.78 is 0. The standard InChI is InChI=1S/C32H39NO2/c1-32(2,24-34)29-17-15-25(16-18-29)30(35)14-9-21-33-22-19-28(20-23-33)31(26-10-5-3-6-11-26)27-12-7-4-8-13-27/h3-8,10-13,15-18,30,34-35H,9,14,19-24H2,1-2H3. The summed E-state index contributed by atoms with van der Waals surface area (Å²) in [7, 11) is 0. The van der Waals surface area contributed by atoms with Gasteiger partial charge in [-0.1, -0.05) is 104 Å². The van der Waals surface area contributed by atoms with Crippen LogP contribution >= 0.6 is 0 Å². The van der Waals surface area contributed by atoms with Crippen molar-refractivity contribution in [2.24, 2.45) is 0 Å². The van der Waals surface area contributed by atoms with E-state index in [9.17, 15) is 10.2 Å². The van der Waals surface area contributed by atoms with E-state index < -0.39 is 6.10 Å². The predicted molar refractivity (Wildman–Crippen MR) is 145 cm³/mol. The zero-order valence-electron chi connectivity index (χ0n) is 21.2. The molecule has 0 amide bonds. The first-order valence-corrected chi connectivity index (χ1v) is 12.9. The van der Waals surface area contributed by atoms with Gasteiger partial charge in [-0.15, -0.1) is 0 Å². The molecule has 1 atom stereocenters. The van der Waals surface area contributed by atoms with E-state index in [1.54, 1.807) is 5.57 Å². The number of hydrogen-bond acceptors (Lipinski definition) is 3. The Morgan fingerprint density at radius 1 is 0.829 bits per heavy atom. The molecule has 1 unspecified atom stereocenters. The molecular formula is C32H39NO2. The van der Waals surface area contributed by atoms with Gasteiger partial charge in [-0.25, -0.2) is 0 Å². The van der Waals surface area contributed by atoms with Crippen LogP contribution < -0.4 is 0 Å². The maximum atomic E-state index is 10.7. The molecule has 3 aromatic carbocycles. The van der Waals surface area contributed by atoms with E-state index >= 15 is 0 Å². The Balaban J connectivity index is 1.32. The monoisotopic (exact) mass is 469 g/mol. The molecule has 0 spiro atoms. The van der Waals surface area contributed by atoms with Crippen molar-refractivity contribution >= 4 is 5.57 Å². The molecule has 4 rings (SSSR count). The number of likely N-dealkylation sites (tertiary alicyclic amines) is 1. The van der Waals surface area contributed by atoms with Crippen LogP contribution in [-0.4, -0.2) is 41.4 Å². The highest BCUT2D eigenvalue weighted by Crippen LogP contribution is 2.32. The summed E-state index contributed by atoms with van der Waals surface area (Å²) in [6.45, 7) is 7.32. The summed E-state index contributed by atoms with van der Waals surface area (Å²) in [4.78, 5) is 2.54. The quantitative estimate of drug-likeness (QED) is 0.383. The average molecular weight is 470 g/mol. The van der Waals surface area contributed by atoms with Crippen molar-refractivity contribution in [3.05, 3.63) is 113 Å². The van der Waals surface area contributed by atoms with Crippen molar-refractivity contribution in [1.29, 1.82) is 0 Å². The van der Waals surface area contributed by atoms with Crippen molar-refractivity contribution in [1.82, 2.24) is 4.90 Å². The molecule has 2 N–H and O–H groups in total. The Bertz CT molecular complexity index is 1040. The fourth-order valence-corrected chi connectivity index (χ4v) is 5.00. The Hall–Kier alpha value is -2.72. The molecule has 0 radical (unpaired) electrons. The number of rotatable bonds is 9. The largest absolute Gasteiger partial charge is 0.395 e. The third kappa shape index (κ3) is 6.49. The molecule has 1 saturated heterocycles. The van der Waals surface area contributed by atoms with Crippen LogP contribution in [0.1, 0.15) is 67.9 Å². The number of hydrogen-bond donors (Lipinski definition) is 2. The van der Waals surface area contributed by atoms with Crippen LogP contribution in [0.3, 0.4) is 0 Å². The van der Waals surface area contributed by atoms with Crippen LogP contribution in [0.2, 0.25) is 0 Å². The first kappa shape index (κ1) is 25.4. The van der Waals surface area contributed by atoms with Gasteiger partial charge in [0.15, 0.2) is 0 Å². The van der Waals surface area contributed by atoms with Gasteiger partial charge in [0.25, 0.3) is 0 Å². The summed E-state index contributed by atoms with van der Waals surface area (Å²) in [5.41, 5.74) is 7.35. The van der Waals surface area contributed by atoms with E-state index in [4.69, 9.17) is 0 Å². The molecule has 1 aliphatic rings. The second-order valence-corrected chi connectivity index (χ2v) is 10.4. The van der Waals surface area contributed by atoms with Crippen LogP contribution in [0.15, 0.2) is 90.5 Å². The van der Waals surface area contributed by atoms with Gasteiger partial charge in [-0.2, -0.15) is 0 Å². The van der Waals surface area contributed by atoms with E-state index in [0.29, 0.717) is 0 Å². The number of piperidine rings is 1. The Labute approximate surface area is 210 Å². The van der Waals surface area contributed by atoms with Gasteiger partial charge in [-0.05, 0) is 60.1 Å². The van der Waals surface area contributed by atoms with E-state index in [0.717, 1.165) is 56.4 Å². The third-order valence-corrected chi connectivity index (χ3v) is 7.36. The van der Waals surface area contributed by atoms with Gasteiger partial charge in [0.1, 0.15) is 0 Å². The minimum Gasteiger partial charge on any atom is -0.395 e. The molecule has 3 heteroatoms. The molecule has 184 valence electrons. The molecular weight excluding hydrogens is 430 g/mol. The van der Waals surface area contributed by atoms with Crippen LogP contribution in [0, 0.1) is 0 Å². The third-order valence-electron chi connectivity index (χ3n) is 7.36. The fraction of sp³-hybridized carbons (Fsp3) is 0.375. The molecule has 0 saturated carbocycles. The van der Waals surface area contributed by atoms with Gasteiger partial charge in [-0.3, -0.25) is 0 Å². The Morgan fingerprint density at radius 2 is 1.37 bits per heavy atom. The lowest BCUT2D eigenvalue weighted by atomic mass is 9.85. The minimum absolute atomic E-state index is 0.111. The van der Waals surface area contributed by atoms with Crippen LogP contribution in [0.4, 0.5) is 0 Å². The molecule has 0 aromatic heterocycles. The lowest BCUT2D eigenvalue weighted by Crippen LogP contribution is -2.32. The maximum Gasteiger partial charge on any atom is 0.0790 e. The van der Waals surface area contributed by atoms with Gasteiger partial charge < -0.3 is 15.1 Å². The topological polar surface area (TPSA) is 43.7 Å². The van der Waals surface area contributed by atoms with E-state index in [-0.39, 0.29) is 12.0 Å². The van der Waals surface area contributed by atoms with Crippen LogP contribution in [-0.2, 0) is 5.41 Å². The van der Waals surface area contributed by atoms with Crippen molar-refractivity contribution in [2.45, 2.75) is 51.0 Å². The number of aliphatic hydroxyl groups excluding tert-OH is 2. The summed E-state index contributed by atoms with van der Waals surface area (Å²) in [6, 6.07) is 29.6. The summed E-state index contributed by atoms with van der Waals surface area (Å²) in [6.07, 6.45) is 3.48.